The van der Waals surface area contributed by atoms with Gasteiger partial charge >= 0.3 is 5.97 Å². The molecule has 3 nitrogen and oxygen atoms in total. The molecule has 0 saturated heterocycles. The van der Waals surface area contributed by atoms with Crippen LogP contribution in [0.4, 0.5) is 5.69 Å². The largest absolute Gasteiger partial charge is 0.467 e. The zero-order valence-electron chi connectivity index (χ0n) is 11.9. The molecule has 1 atom stereocenters. The third-order valence-corrected chi connectivity index (χ3v) is 3.95. The average Bonchev–Trinajstić information content (AvgIpc) is 2.53. The summed E-state index contributed by atoms with van der Waals surface area (Å²) in [5.41, 5.74) is 2.10. The molecule has 2 rings (SSSR count). The predicted octanol–water partition coefficient (Wildman–Crippen LogP) is 4.04. The van der Waals surface area contributed by atoms with Crippen LogP contribution < -0.4 is 5.32 Å². The Labute approximate surface area is 133 Å². The highest BCUT2D eigenvalue weighted by Crippen LogP contribution is 2.23. The van der Waals surface area contributed by atoms with Gasteiger partial charge in [0.25, 0.3) is 0 Å². The molecule has 2 aromatic rings. The van der Waals surface area contributed by atoms with Crippen molar-refractivity contribution in [2.45, 2.75) is 18.9 Å². The Morgan fingerprint density at radius 3 is 2.48 bits per heavy atom. The molecule has 21 heavy (non-hydrogen) atoms. The lowest BCUT2D eigenvalue weighted by Crippen LogP contribution is -2.31. The van der Waals surface area contributed by atoms with E-state index in [4.69, 9.17) is 4.74 Å². The number of ether oxygens (including phenoxy) is 1. The number of methoxy groups -OCH3 is 1. The number of halogens is 1. The van der Waals surface area contributed by atoms with E-state index in [1.807, 2.05) is 42.5 Å². The second-order valence-electron chi connectivity index (χ2n) is 4.72. The highest BCUT2D eigenvalue weighted by atomic mass is 79.9. The van der Waals surface area contributed by atoms with Gasteiger partial charge in [-0.1, -0.05) is 42.5 Å². The number of nitrogens with one attached hydrogen (secondary N) is 1. The zero-order chi connectivity index (χ0) is 15.1. The molecule has 0 aromatic heterocycles. The maximum Gasteiger partial charge on any atom is 0.328 e. The second kappa shape index (κ2) is 7.84. The number of benzene rings is 2. The molecule has 0 spiro atoms. The SMILES string of the molecule is COC(=O)C(CCc1ccccc1)Nc1ccccc1Br. The summed E-state index contributed by atoms with van der Waals surface area (Å²) in [7, 11) is 1.42. The van der Waals surface area contributed by atoms with Crippen LogP contribution in [0, 0.1) is 0 Å². The van der Waals surface area contributed by atoms with Gasteiger partial charge in [-0.05, 0) is 46.5 Å². The Kier molecular flexibility index (Phi) is 5.81. The number of para-hydroxylation sites is 1. The van der Waals surface area contributed by atoms with Crippen molar-refractivity contribution < 1.29 is 9.53 Å². The van der Waals surface area contributed by atoms with Crippen molar-refractivity contribution in [1.82, 2.24) is 0 Å². The first kappa shape index (κ1) is 15.6. The van der Waals surface area contributed by atoms with Gasteiger partial charge in [0, 0.05) is 10.2 Å². The first-order chi connectivity index (χ1) is 10.2. The molecule has 0 fully saturated rings. The second-order valence-corrected chi connectivity index (χ2v) is 5.58. The molecular weight excluding hydrogens is 330 g/mol. The van der Waals surface area contributed by atoms with Crippen molar-refractivity contribution in [3.8, 4) is 0 Å². The van der Waals surface area contributed by atoms with Crippen LogP contribution in [0.1, 0.15) is 12.0 Å². The van der Waals surface area contributed by atoms with Crippen molar-refractivity contribution in [3.63, 3.8) is 0 Å². The Hall–Kier alpha value is -1.81. The number of carbonyl (C=O) groups is 1. The molecule has 0 aliphatic heterocycles. The highest BCUT2D eigenvalue weighted by molar-refractivity contribution is 9.10. The Morgan fingerprint density at radius 2 is 1.81 bits per heavy atom. The number of aryl methyl sites for hydroxylation is 1. The van der Waals surface area contributed by atoms with Crippen LogP contribution in [0.3, 0.4) is 0 Å². The third-order valence-electron chi connectivity index (χ3n) is 3.25. The van der Waals surface area contributed by atoms with Crippen LogP contribution in [0.25, 0.3) is 0 Å². The van der Waals surface area contributed by atoms with Crippen molar-refractivity contribution >= 4 is 27.6 Å². The van der Waals surface area contributed by atoms with Crippen LogP contribution in [-0.2, 0) is 16.0 Å². The fourth-order valence-corrected chi connectivity index (χ4v) is 2.51. The summed E-state index contributed by atoms with van der Waals surface area (Å²) >= 11 is 3.48. The first-order valence-electron chi connectivity index (χ1n) is 6.83. The smallest absolute Gasteiger partial charge is 0.328 e. The van der Waals surface area contributed by atoms with E-state index < -0.39 is 0 Å². The van der Waals surface area contributed by atoms with Crippen LogP contribution in [0.5, 0.6) is 0 Å². The van der Waals surface area contributed by atoms with Gasteiger partial charge in [0.05, 0.1) is 7.11 Å². The van der Waals surface area contributed by atoms with Crippen molar-refractivity contribution in [1.29, 1.82) is 0 Å². The standard InChI is InChI=1S/C17H18BrNO2/c1-21-17(20)16(12-11-13-7-3-2-4-8-13)19-15-10-6-5-9-14(15)18/h2-10,16,19H,11-12H2,1H3. The highest BCUT2D eigenvalue weighted by Gasteiger charge is 2.19. The molecule has 1 unspecified atom stereocenters. The van der Waals surface area contributed by atoms with Gasteiger partial charge in [0.1, 0.15) is 6.04 Å². The van der Waals surface area contributed by atoms with E-state index in [0.717, 1.165) is 16.6 Å². The summed E-state index contributed by atoms with van der Waals surface area (Å²) in [5.74, 6) is -0.248. The Morgan fingerprint density at radius 1 is 1.14 bits per heavy atom. The van der Waals surface area contributed by atoms with Gasteiger partial charge in [0.2, 0.25) is 0 Å². The zero-order valence-corrected chi connectivity index (χ0v) is 13.5. The molecule has 0 saturated carbocycles. The molecule has 0 heterocycles. The van der Waals surface area contributed by atoms with Gasteiger partial charge in [0.15, 0.2) is 0 Å². The van der Waals surface area contributed by atoms with Gasteiger partial charge in [-0.15, -0.1) is 0 Å². The number of anilines is 1. The summed E-state index contributed by atoms with van der Waals surface area (Å²) in [6.45, 7) is 0. The minimum Gasteiger partial charge on any atom is -0.467 e. The number of hydrogen-bond donors (Lipinski definition) is 1. The molecule has 2 aromatic carbocycles. The Balaban J connectivity index is 2.05. The van der Waals surface area contributed by atoms with E-state index in [1.165, 1.54) is 12.7 Å². The molecular formula is C17H18BrNO2. The molecule has 4 heteroatoms. The van der Waals surface area contributed by atoms with Crippen molar-refractivity contribution in [2.75, 3.05) is 12.4 Å². The summed E-state index contributed by atoms with van der Waals surface area (Å²) in [5, 5.41) is 3.25. The lowest BCUT2D eigenvalue weighted by molar-refractivity contribution is -0.141. The fraction of sp³-hybridized carbons (Fsp3) is 0.235. The van der Waals surface area contributed by atoms with E-state index in [0.29, 0.717) is 6.42 Å². The van der Waals surface area contributed by atoms with Gasteiger partial charge in [-0.3, -0.25) is 0 Å². The molecule has 0 aliphatic carbocycles. The van der Waals surface area contributed by atoms with Gasteiger partial charge in [-0.25, -0.2) is 4.79 Å². The lowest BCUT2D eigenvalue weighted by atomic mass is 10.0. The summed E-state index contributed by atoms with van der Waals surface area (Å²) < 4.78 is 5.83. The van der Waals surface area contributed by atoms with E-state index in [1.54, 1.807) is 0 Å². The molecule has 0 aliphatic rings. The Bertz CT molecular complexity index is 586. The number of rotatable bonds is 6. The minimum absolute atomic E-state index is 0.248. The monoisotopic (exact) mass is 347 g/mol. The molecule has 0 bridgehead atoms. The summed E-state index contributed by atoms with van der Waals surface area (Å²) in [4.78, 5) is 11.9. The minimum atomic E-state index is -0.367. The van der Waals surface area contributed by atoms with E-state index in [2.05, 4.69) is 33.4 Å². The maximum atomic E-state index is 11.9. The summed E-state index contributed by atoms with van der Waals surface area (Å²) in [6.07, 6.45) is 1.50. The third kappa shape index (κ3) is 4.60. The van der Waals surface area contributed by atoms with Gasteiger partial charge in [-0.2, -0.15) is 0 Å². The topological polar surface area (TPSA) is 38.3 Å². The molecule has 1 N–H and O–H groups in total. The number of esters is 1. The molecule has 0 radical (unpaired) electrons. The number of hydrogen-bond acceptors (Lipinski definition) is 3. The quantitative estimate of drug-likeness (QED) is 0.801. The van der Waals surface area contributed by atoms with E-state index in [-0.39, 0.29) is 12.0 Å². The van der Waals surface area contributed by atoms with Crippen LogP contribution in [0.15, 0.2) is 59.1 Å². The molecule has 0 amide bonds. The van der Waals surface area contributed by atoms with Crippen LogP contribution >= 0.6 is 15.9 Å². The summed E-state index contributed by atoms with van der Waals surface area (Å²) in [6, 6.07) is 17.5. The maximum absolute atomic E-state index is 11.9. The average molecular weight is 348 g/mol. The first-order valence-corrected chi connectivity index (χ1v) is 7.63. The van der Waals surface area contributed by atoms with E-state index >= 15 is 0 Å². The lowest BCUT2D eigenvalue weighted by Gasteiger charge is -2.18. The number of carbonyl (C=O) groups excluding carboxylic acids is 1. The predicted molar refractivity (Wildman–Crippen MR) is 88.3 cm³/mol. The molecule has 110 valence electrons. The van der Waals surface area contributed by atoms with Crippen LogP contribution in [-0.4, -0.2) is 19.1 Å². The van der Waals surface area contributed by atoms with Crippen molar-refractivity contribution in [3.05, 3.63) is 64.6 Å². The van der Waals surface area contributed by atoms with Crippen molar-refractivity contribution in [2.24, 2.45) is 0 Å². The van der Waals surface area contributed by atoms with Crippen LogP contribution in [0.2, 0.25) is 0 Å². The fourth-order valence-electron chi connectivity index (χ4n) is 2.11. The van der Waals surface area contributed by atoms with E-state index in [9.17, 15) is 4.79 Å². The van der Waals surface area contributed by atoms with Gasteiger partial charge < -0.3 is 10.1 Å². The normalized spacial score (nSPS) is 11.7.